The minimum absolute atomic E-state index is 0.356. The van der Waals surface area contributed by atoms with Crippen molar-refractivity contribution in [1.29, 1.82) is 0 Å². The number of carbonyl (C=O) groups excluding carboxylic acids is 1. The molecule has 1 rings (SSSR count). The molecule has 1 heterocycles. The molecule has 0 bridgehead atoms. The summed E-state index contributed by atoms with van der Waals surface area (Å²) in [6.45, 7) is 8.83. The number of rotatable bonds is 7. The van der Waals surface area contributed by atoms with Crippen molar-refractivity contribution in [2.24, 2.45) is 0 Å². The summed E-state index contributed by atoms with van der Waals surface area (Å²) in [5.41, 5.74) is -0.437. The monoisotopic (exact) mass is 268 g/mol. The number of hydrogen-bond acceptors (Lipinski definition) is 4. The van der Waals surface area contributed by atoms with Crippen molar-refractivity contribution >= 4 is 6.09 Å². The molecular weight excluding hydrogens is 244 g/mol. The van der Waals surface area contributed by atoms with Gasteiger partial charge in [0.25, 0.3) is 0 Å². The maximum Gasteiger partial charge on any atom is 0.407 e. The van der Waals surface area contributed by atoms with E-state index in [-0.39, 0.29) is 6.09 Å². The molecule has 0 radical (unpaired) electrons. The Morgan fingerprint density at radius 3 is 2.74 bits per heavy atom. The van der Waals surface area contributed by atoms with Gasteiger partial charge in [-0.05, 0) is 33.7 Å². The van der Waals surface area contributed by atoms with Gasteiger partial charge < -0.3 is 19.9 Å². The second-order valence-electron chi connectivity index (χ2n) is 5.33. The van der Waals surface area contributed by atoms with Crippen LogP contribution in [0.5, 0.6) is 0 Å². The van der Waals surface area contributed by atoms with E-state index in [1.54, 1.807) is 12.5 Å². The molecule has 0 atom stereocenters. The standard InChI is InChI=1S/C13H24N4O2/c1-13(2,3)19-12(18)16-6-4-5-14-7-9-17-10-8-15-11-17/h8,10-11,14H,4-7,9H2,1-3H3,(H,16,18). The van der Waals surface area contributed by atoms with Gasteiger partial charge in [-0.25, -0.2) is 9.78 Å². The van der Waals surface area contributed by atoms with E-state index < -0.39 is 5.60 Å². The number of nitrogens with one attached hydrogen (secondary N) is 2. The number of nitrogens with zero attached hydrogens (tertiary/aromatic N) is 2. The molecule has 6 nitrogen and oxygen atoms in total. The largest absolute Gasteiger partial charge is 0.444 e. The lowest BCUT2D eigenvalue weighted by atomic mass is 10.2. The first-order valence-electron chi connectivity index (χ1n) is 6.61. The molecule has 0 spiro atoms. The van der Waals surface area contributed by atoms with E-state index in [0.717, 1.165) is 26.1 Å². The Labute approximate surface area is 114 Å². The molecule has 0 unspecified atom stereocenters. The van der Waals surface area contributed by atoms with E-state index in [4.69, 9.17) is 4.74 Å². The van der Waals surface area contributed by atoms with Crippen LogP contribution in [0.25, 0.3) is 0 Å². The van der Waals surface area contributed by atoms with Crippen molar-refractivity contribution in [1.82, 2.24) is 20.2 Å². The molecule has 0 aromatic carbocycles. The third-order valence-corrected chi connectivity index (χ3v) is 2.30. The number of alkyl carbamates (subject to hydrolysis) is 1. The summed E-state index contributed by atoms with van der Waals surface area (Å²) >= 11 is 0. The smallest absolute Gasteiger partial charge is 0.407 e. The highest BCUT2D eigenvalue weighted by molar-refractivity contribution is 5.67. The van der Waals surface area contributed by atoms with Gasteiger partial charge in [0.15, 0.2) is 0 Å². The van der Waals surface area contributed by atoms with Gasteiger partial charge in [0.2, 0.25) is 0 Å². The van der Waals surface area contributed by atoms with Crippen LogP contribution in [0.15, 0.2) is 18.7 Å². The lowest BCUT2D eigenvalue weighted by Gasteiger charge is -2.19. The first kappa shape index (κ1) is 15.5. The molecule has 108 valence electrons. The fourth-order valence-corrected chi connectivity index (χ4v) is 1.47. The van der Waals surface area contributed by atoms with Crippen molar-refractivity contribution in [3.63, 3.8) is 0 Å². The molecule has 6 heteroatoms. The third-order valence-electron chi connectivity index (χ3n) is 2.30. The molecule has 1 amide bonds. The highest BCUT2D eigenvalue weighted by atomic mass is 16.6. The van der Waals surface area contributed by atoms with Gasteiger partial charge in [0.05, 0.1) is 6.33 Å². The van der Waals surface area contributed by atoms with Crippen LogP contribution in [-0.4, -0.2) is 40.9 Å². The number of amides is 1. The van der Waals surface area contributed by atoms with E-state index >= 15 is 0 Å². The number of ether oxygens (including phenoxy) is 1. The van der Waals surface area contributed by atoms with Crippen LogP contribution in [0.2, 0.25) is 0 Å². The summed E-state index contributed by atoms with van der Waals surface area (Å²) in [4.78, 5) is 15.3. The van der Waals surface area contributed by atoms with Gasteiger partial charge in [-0.3, -0.25) is 0 Å². The summed E-state index contributed by atoms with van der Waals surface area (Å²) in [5.74, 6) is 0. The second-order valence-corrected chi connectivity index (χ2v) is 5.33. The number of carbonyl (C=O) groups is 1. The highest BCUT2D eigenvalue weighted by Crippen LogP contribution is 2.06. The molecule has 0 saturated carbocycles. The molecule has 19 heavy (non-hydrogen) atoms. The van der Waals surface area contributed by atoms with Gasteiger partial charge in [-0.1, -0.05) is 0 Å². The van der Waals surface area contributed by atoms with Crippen LogP contribution in [0, 0.1) is 0 Å². The van der Waals surface area contributed by atoms with Gasteiger partial charge in [0, 0.05) is 32.0 Å². The summed E-state index contributed by atoms with van der Waals surface area (Å²) in [6.07, 6.45) is 6.02. The zero-order chi connectivity index (χ0) is 14.1. The Hall–Kier alpha value is -1.56. The van der Waals surface area contributed by atoms with Crippen molar-refractivity contribution < 1.29 is 9.53 Å². The Bertz CT molecular complexity index is 357. The van der Waals surface area contributed by atoms with Crippen LogP contribution in [0.1, 0.15) is 27.2 Å². The van der Waals surface area contributed by atoms with Gasteiger partial charge >= 0.3 is 6.09 Å². The Morgan fingerprint density at radius 2 is 2.11 bits per heavy atom. The molecule has 0 aliphatic rings. The van der Waals surface area contributed by atoms with Crippen LogP contribution in [-0.2, 0) is 11.3 Å². The molecular formula is C13H24N4O2. The number of hydrogen-bond donors (Lipinski definition) is 2. The maximum absolute atomic E-state index is 11.3. The molecule has 0 fully saturated rings. The van der Waals surface area contributed by atoms with Gasteiger partial charge in [0.1, 0.15) is 5.60 Å². The van der Waals surface area contributed by atoms with Gasteiger partial charge in [-0.15, -0.1) is 0 Å². The van der Waals surface area contributed by atoms with Crippen LogP contribution in [0.4, 0.5) is 4.79 Å². The summed E-state index contributed by atoms with van der Waals surface area (Å²) in [6, 6.07) is 0. The van der Waals surface area contributed by atoms with Crippen LogP contribution in [0.3, 0.4) is 0 Å². The Balaban J connectivity index is 1.92. The molecule has 2 N–H and O–H groups in total. The predicted octanol–water partition coefficient (Wildman–Crippen LogP) is 1.39. The minimum Gasteiger partial charge on any atom is -0.444 e. The average molecular weight is 268 g/mol. The van der Waals surface area contributed by atoms with E-state index in [1.165, 1.54) is 0 Å². The summed E-state index contributed by atoms with van der Waals surface area (Å²) in [7, 11) is 0. The topological polar surface area (TPSA) is 68.2 Å². The molecule has 1 aromatic heterocycles. The predicted molar refractivity (Wildman–Crippen MR) is 74.0 cm³/mol. The maximum atomic E-state index is 11.3. The minimum atomic E-state index is -0.437. The number of aromatic nitrogens is 2. The highest BCUT2D eigenvalue weighted by Gasteiger charge is 2.15. The van der Waals surface area contributed by atoms with E-state index in [9.17, 15) is 4.79 Å². The van der Waals surface area contributed by atoms with Gasteiger partial charge in [-0.2, -0.15) is 0 Å². The van der Waals surface area contributed by atoms with E-state index in [1.807, 2.05) is 31.5 Å². The fourth-order valence-electron chi connectivity index (χ4n) is 1.47. The molecule has 0 aliphatic heterocycles. The average Bonchev–Trinajstić information content (AvgIpc) is 2.78. The normalized spacial score (nSPS) is 11.3. The summed E-state index contributed by atoms with van der Waals surface area (Å²) in [5, 5.41) is 6.03. The third kappa shape index (κ3) is 8.20. The first-order valence-corrected chi connectivity index (χ1v) is 6.61. The molecule has 0 aliphatic carbocycles. The lowest BCUT2D eigenvalue weighted by Crippen LogP contribution is -2.34. The number of imidazole rings is 1. The quantitative estimate of drug-likeness (QED) is 0.733. The zero-order valence-electron chi connectivity index (χ0n) is 12.0. The van der Waals surface area contributed by atoms with E-state index in [2.05, 4.69) is 15.6 Å². The van der Waals surface area contributed by atoms with Crippen molar-refractivity contribution in [2.75, 3.05) is 19.6 Å². The van der Waals surface area contributed by atoms with E-state index in [0.29, 0.717) is 6.54 Å². The molecule has 1 aromatic rings. The van der Waals surface area contributed by atoms with Crippen molar-refractivity contribution in [3.05, 3.63) is 18.7 Å². The van der Waals surface area contributed by atoms with Crippen molar-refractivity contribution in [2.45, 2.75) is 39.3 Å². The Kier molecular flexibility index (Phi) is 6.35. The molecule has 0 saturated heterocycles. The SMILES string of the molecule is CC(C)(C)OC(=O)NCCCNCCn1ccnc1. The Morgan fingerprint density at radius 1 is 1.32 bits per heavy atom. The van der Waals surface area contributed by atoms with Crippen LogP contribution >= 0.6 is 0 Å². The first-order chi connectivity index (χ1) is 8.97. The van der Waals surface area contributed by atoms with Crippen LogP contribution < -0.4 is 10.6 Å². The fraction of sp³-hybridized carbons (Fsp3) is 0.692. The summed E-state index contributed by atoms with van der Waals surface area (Å²) < 4.78 is 7.15. The lowest BCUT2D eigenvalue weighted by molar-refractivity contribution is 0.0527. The second kappa shape index (κ2) is 7.78. The van der Waals surface area contributed by atoms with Crippen molar-refractivity contribution in [3.8, 4) is 0 Å². The zero-order valence-corrected chi connectivity index (χ0v) is 12.0.